The maximum absolute atomic E-state index is 5.57. The first-order valence-electron chi connectivity index (χ1n) is 5.81. The van der Waals surface area contributed by atoms with E-state index >= 15 is 0 Å². The van der Waals surface area contributed by atoms with Gasteiger partial charge in [-0.2, -0.15) is 0 Å². The van der Waals surface area contributed by atoms with Gasteiger partial charge in [0.25, 0.3) is 0 Å². The zero-order valence-electron chi connectivity index (χ0n) is 10.8. The summed E-state index contributed by atoms with van der Waals surface area (Å²) in [5.74, 6) is 1.86. The highest BCUT2D eigenvalue weighted by molar-refractivity contribution is 5.06. The Morgan fingerprint density at radius 1 is 1.25 bits per heavy atom. The molecule has 0 bridgehead atoms. The van der Waals surface area contributed by atoms with Crippen LogP contribution in [0.5, 0.6) is 0 Å². The number of nitrogens with one attached hydrogen (secondary N) is 1. The fourth-order valence-corrected chi connectivity index (χ4v) is 1.32. The third-order valence-electron chi connectivity index (χ3n) is 2.31. The molecule has 3 heteroatoms. The minimum atomic E-state index is 0.334. The Morgan fingerprint density at radius 3 is 2.56 bits per heavy atom. The van der Waals surface area contributed by atoms with E-state index in [4.69, 9.17) is 9.15 Å². The van der Waals surface area contributed by atoms with Crippen molar-refractivity contribution < 1.29 is 9.15 Å². The molecule has 0 aliphatic heterocycles. The van der Waals surface area contributed by atoms with E-state index in [2.05, 4.69) is 26.1 Å². The van der Waals surface area contributed by atoms with Gasteiger partial charge in [0, 0.05) is 6.61 Å². The Labute approximate surface area is 98.2 Å². The molecule has 1 aromatic heterocycles. The molecule has 16 heavy (non-hydrogen) atoms. The Kier molecular flexibility index (Phi) is 5.03. The number of furan rings is 1. The molecule has 0 atom stereocenters. The molecule has 1 heterocycles. The highest BCUT2D eigenvalue weighted by Gasteiger charge is 2.09. The van der Waals surface area contributed by atoms with Crippen molar-refractivity contribution in [2.75, 3.05) is 13.7 Å². The summed E-state index contributed by atoms with van der Waals surface area (Å²) >= 11 is 0. The largest absolute Gasteiger partial charge is 0.462 e. The fourth-order valence-electron chi connectivity index (χ4n) is 1.32. The van der Waals surface area contributed by atoms with Crippen molar-refractivity contribution in [1.82, 2.24) is 5.32 Å². The molecule has 0 amide bonds. The van der Waals surface area contributed by atoms with E-state index in [1.807, 2.05) is 19.2 Å². The third kappa shape index (κ3) is 5.33. The quantitative estimate of drug-likeness (QED) is 0.756. The van der Waals surface area contributed by atoms with Crippen molar-refractivity contribution in [2.45, 2.75) is 40.3 Å². The summed E-state index contributed by atoms with van der Waals surface area (Å²) in [6.45, 7) is 8.77. The van der Waals surface area contributed by atoms with Gasteiger partial charge in [0.05, 0.1) is 6.54 Å². The molecular weight excluding hydrogens is 202 g/mol. The van der Waals surface area contributed by atoms with Gasteiger partial charge in [-0.15, -0.1) is 0 Å². The lowest BCUT2D eigenvalue weighted by Crippen LogP contribution is -2.09. The fraction of sp³-hybridized carbons (Fsp3) is 0.692. The van der Waals surface area contributed by atoms with Crippen molar-refractivity contribution in [1.29, 1.82) is 0 Å². The lowest BCUT2D eigenvalue weighted by atomic mass is 9.93. The molecule has 0 unspecified atom stereocenters. The predicted molar refractivity (Wildman–Crippen MR) is 65.2 cm³/mol. The van der Waals surface area contributed by atoms with Crippen molar-refractivity contribution in [3.05, 3.63) is 23.7 Å². The van der Waals surface area contributed by atoms with Gasteiger partial charge in [-0.1, -0.05) is 20.8 Å². The van der Waals surface area contributed by atoms with Crippen LogP contribution in [-0.4, -0.2) is 13.7 Å². The minimum absolute atomic E-state index is 0.334. The second kappa shape index (κ2) is 6.06. The van der Waals surface area contributed by atoms with Crippen molar-refractivity contribution >= 4 is 0 Å². The molecule has 0 aromatic carbocycles. The third-order valence-corrected chi connectivity index (χ3v) is 2.31. The Morgan fingerprint density at radius 2 is 1.94 bits per heavy atom. The standard InChI is InChI=1S/C13H23NO2/c1-13(2,3)7-8-15-10-12-6-5-11(16-12)9-14-4/h5-6,14H,7-10H2,1-4H3. The van der Waals surface area contributed by atoms with Crippen LogP contribution in [0.15, 0.2) is 16.5 Å². The van der Waals surface area contributed by atoms with Crippen LogP contribution in [0, 0.1) is 5.41 Å². The lowest BCUT2D eigenvalue weighted by molar-refractivity contribution is 0.0836. The van der Waals surface area contributed by atoms with Crippen LogP contribution in [0.1, 0.15) is 38.7 Å². The van der Waals surface area contributed by atoms with Crippen LogP contribution in [0.2, 0.25) is 0 Å². The van der Waals surface area contributed by atoms with Gasteiger partial charge < -0.3 is 14.5 Å². The molecule has 0 saturated heterocycles. The smallest absolute Gasteiger partial charge is 0.129 e. The molecule has 0 spiro atoms. The summed E-state index contributed by atoms with van der Waals surface area (Å²) in [7, 11) is 1.90. The number of ether oxygens (including phenoxy) is 1. The van der Waals surface area contributed by atoms with E-state index in [0.717, 1.165) is 31.1 Å². The summed E-state index contributed by atoms with van der Waals surface area (Å²) in [5, 5.41) is 3.05. The highest BCUT2D eigenvalue weighted by atomic mass is 16.5. The van der Waals surface area contributed by atoms with Gasteiger partial charge in [-0.3, -0.25) is 0 Å². The summed E-state index contributed by atoms with van der Waals surface area (Å²) in [5.41, 5.74) is 0.334. The molecule has 0 saturated carbocycles. The molecule has 1 N–H and O–H groups in total. The van der Waals surface area contributed by atoms with E-state index in [-0.39, 0.29) is 0 Å². The number of hydrogen-bond acceptors (Lipinski definition) is 3. The van der Waals surface area contributed by atoms with Crippen LogP contribution in [0.4, 0.5) is 0 Å². The molecule has 1 rings (SSSR count). The van der Waals surface area contributed by atoms with Crippen LogP contribution < -0.4 is 5.32 Å². The second-order valence-corrected chi connectivity index (χ2v) is 5.26. The summed E-state index contributed by atoms with van der Waals surface area (Å²) in [6, 6.07) is 3.96. The van der Waals surface area contributed by atoms with E-state index in [0.29, 0.717) is 12.0 Å². The van der Waals surface area contributed by atoms with E-state index in [1.165, 1.54) is 0 Å². The first-order valence-corrected chi connectivity index (χ1v) is 5.81. The lowest BCUT2D eigenvalue weighted by Gasteiger charge is -2.17. The van der Waals surface area contributed by atoms with Crippen LogP contribution in [0.3, 0.4) is 0 Å². The van der Waals surface area contributed by atoms with Gasteiger partial charge >= 0.3 is 0 Å². The highest BCUT2D eigenvalue weighted by Crippen LogP contribution is 2.18. The molecule has 0 radical (unpaired) electrons. The maximum atomic E-state index is 5.57. The molecule has 1 aromatic rings. The average Bonchev–Trinajstić information content (AvgIpc) is 2.60. The maximum Gasteiger partial charge on any atom is 0.129 e. The number of hydrogen-bond donors (Lipinski definition) is 1. The Balaban J connectivity index is 2.21. The first-order chi connectivity index (χ1) is 7.51. The number of rotatable bonds is 6. The normalized spacial score (nSPS) is 12.0. The van der Waals surface area contributed by atoms with Gasteiger partial charge in [0.15, 0.2) is 0 Å². The Bertz CT molecular complexity index is 299. The van der Waals surface area contributed by atoms with Crippen LogP contribution >= 0.6 is 0 Å². The summed E-state index contributed by atoms with van der Waals surface area (Å²) < 4.78 is 11.1. The van der Waals surface area contributed by atoms with Crippen LogP contribution in [0.25, 0.3) is 0 Å². The SMILES string of the molecule is CNCc1ccc(COCCC(C)(C)C)o1. The topological polar surface area (TPSA) is 34.4 Å². The minimum Gasteiger partial charge on any atom is -0.462 e. The zero-order chi connectivity index (χ0) is 12.0. The molecule has 0 aliphatic rings. The molecule has 3 nitrogen and oxygen atoms in total. The zero-order valence-corrected chi connectivity index (χ0v) is 10.8. The van der Waals surface area contributed by atoms with Gasteiger partial charge in [-0.25, -0.2) is 0 Å². The summed E-state index contributed by atoms with van der Waals surface area (Å²) in [4.78, 5) is 0. The van der Waals surface area contributed by atoms with Gasteiger partial charge in [-0.05, 0) is 31.0 Å². The first kappa shape index (κ1) is 13.3. The van der Waals surface area contributed by atoms with E-state index in [1.54, 1.807) is 0 Å². The monoisotopic (exact) mass is 225 g/mol. The van der Waals surface area contributed by atoms with Gasteiger partial charge in [0.1, 0.15) is 18.1 Å². The molecular formula is C13H23NO2. The molecule has 92 valence electrons. The Hall–Kier alpha value is -0.800. The average molecular weight is 225 g/mol. The van der Waals surface area contributed by atoms with Crippen molar-refractivity contribution in [3.8, 4) is 0 Å². The second-order valence-electron chi connectivity index (χ2n) is 5.26. The van der Waals surface area contributed by atoms with Gasteiger partial charge in [0.2, 0.25) is 0 Å². The summed E-state index contributed by atoms with van der Waals surface area (Å²) in [6.07, 6.45) is 1.07. The predicted octanol–water partition coefficient (Wildman–Crippen LogP) is 2.95. The van der Waals surface area contributed by atoms with E-state index in [9.17, 15) is 0 Å². The molecule has 0 aliphatic carbocycles. The van der Waals surface area contributed by atoms with Crippen LogP contribution in [-0.2, 0) is 17.9 Å². The van der Waals surface area contributed by atoms with Crippen molar-refractivity contribution in [2.24, 2.45) is 5.41 Å². The van der Waals surface area contributed by atoms with E-state index < -0.39 is 0 Å². The van der Waals surface area contributed by atoms with Crippen molar-refractivity contribution in [3.63, 3.8) is 0 Å². The molecule has 0 fully saturated rings.